The van der Waals surface area contributed by atoms with Crippen molar-refractivity contribution >= 4 is 11.4 Å². The van der Waals surface area contributed by atoms with E-state index in [4.69, 9.17) is 5.73 Å². The summed E-state index contributed by atoms with van der Waals surface area (Å²) in [6.45, 7) is 6.38. The van der Waals surface area contributed by atoms with Crippen LogP contribution in [0, 0.1) is 11.2 Å². The van der Waals surface area contributed by atoms with E-state index in [9.17, 15) is 4.39 Å². The number of rotatable bonds is 1. The van der Waals surface area contributed by atoms with Crippen LogP contribution in [0.1, 0.15) is 26.7 Å². The first-order valence-electron chi connectivity index (χ1n) is 5.78. The lowest BCUT2D eigenvalue weighted by molar-refractivity contribution is 0.279. The van der Waals surface area contributed by atoms with Gasteiger partial charge in [-0.3, -0.25) is 0 Å². The predicted molar refractivity (Wildman–Crippen MR) is 66.0 cm³/mol. The van der Waals surface area contributed by atoms with Gasteiger partial charge in [-0.25, -0.2) is 4.39 Å². The van der Waals surface area contributed by atoms with Crippen LogP contribution in [0.25, 0.3) is 0 Å². The smallest absolute Gasteiger partial charge is 0.148 e. The summed E-state index contributed by atoms with van der Waals surface area (Å²) in [5, 5.41) is 0. The molecular formula is C13H19FN2. The zero-order chi connectivity index (χ0) is 11.8. The van der Waals surface area contributed by atoms with Gasteiger partial charge in [0.1, 0.15) is 5.82 Å². The van der Waals surface area contributed by atoms with Crippen LogP contribution in [-0.4, -0.2) is 13.1 Å². The van der Waals surface area contributed by atoms with E-state index in [2.05, 4.69) is 18.7 Å². The van der Waals surface area contributed by atoms with E-state index in [0.717, 1.165) is 25.9 Å². The second-order valence-corrected chi connectivity index (χ2v) is 5.36. The molecule has 1 aliphatic heterocycles. The average Bonchev–Trinajstić information content (AvgIpc) is 2.19. The van der Waals surface area contributed by atoms with Crippen molar-refractivity contribution in [3.8, 4) is 0 Å². The van der Waals surface area contributed by atoms with Crippen molar-refractivity contribution in [3.05, 3.63) is 24.0 Å². The van der Waals surface area contributed by atoms with Crippen molar-refractivity contribution in [1.82, 2.24) is 0 Å². The number of hydrogen-bond acceptors (Lipinski definition) is 2. The fourth-order valence-electron chi connectivity index (χ4n) is 2.13. The molecule has 16 heavy (non-hydrogen) atoms. The van der Waals surface area contributed by atoms with Crippen LogP contribution < -0.4 is 10.6 Å². The number of benzene rings is 1. The molecule has 1 fully saturated rings. The van der Waals surface area contributed by atoms with Gasteiger partial charge < -0.3 is 10.6 Å². The quantitative estimate of drug-likeness (QED) is 0.740. The van der Waals surface area contributed by atoms with Gasteiger partial charge in [0.25, 0.3) is 0 Å². The lowest BCUT2D eigenvalue weighted by Crippen LogP contribution is -2.37. The maximum atomic E-state index is 13.7. The normalized spacial score (nSPS) is 19.8. The number of anilines is 2. The van der Waals surface area contributed by atoms with E-state index in [1.54, 1.807) is 12.1 Å². The molecule has 0 saturated carbocycles. The molecule has 0 bridgehead atoms. The minimum atomic E-state index is -0.209. The van der Waals surface area contributed by atoms with E-state index in [1.807, 2.05) is 0 Å². The Morgan fingerprint density at radius 3 is 2.44 bits per heavy atom. The summed E-state index contributed by atoms with van der Waals surface area (Å²) in [6, 6.07) is 4.94. The van der Waals surface area contributed by atoms with E-state index >= 15 is 0 Å². The van der Waals surface area contributed by atoms with Crippen molar-refractivity contribution < 1.29 is 4.39 Å². The number of nitrogens with two attached hydrogens (primary N) is 1. The Morgan fingerprint density at radius 1 is 1.25 bits per heavy atom. The summed E-state index contributed by atoms with van der Waals surface area (Å²) in [5.41, 5.74) is 7.10. The summed E-state index contributed by atoms with van der Waals surface area (Å²) < 4.78 is 13.7. The molecule has 0 spiro atoms. The summed E-state index contributed by atoms with van der Waals surface area (Å²) >= 11 is 0. The molecule has 0 aliphatic carbocycles. The van der Waals surface area contributed by atoms with Gasteiger partial charge in [0.05, 0.1) is 5.69 Å². The molecule has 3 heteroatoms. The molecular weight excluding hydrogens is 203 g/mol. The van der Waals surface area contributed by atoms with Crippen LogP contribution in [-0.2, 0) is 0 Å². The minimum absolute atomic E-state index is 0.209. The highest BCUT2D eigenvalue weighted by Gasteiger charge is 2.26. The van der Waals surface area contributed by atoms with Gasteiger partial charge in [-0.1, -0.05) is 13.8 Å². The average molecular weight is 222 g/mol. The standard InChI is InChI=1S/C13H19FN2/c1-13(2)5-7-16(8-6-13)12-4-3-10(15)9-11(12)14/h3-4,9H,5-8,15H2,1-2H3. The van der Waals surface area contributed by atoms with Crippen LogP contribution in [0.3, 0.4) is 0 Å². The third kappa shape index (κ3) is 2.29. The first-order valence-corrected chi connectivity index (χ1v) is 5.78. The maximum absolute atomic E-state index is 13.7. The molecule has 0 amide bonds. The second kappa shape index (κ2) is 3.96. The fraction of sp³-hybridized carbons (Fsp3) is 0.538. The van der Waals surface area contributed by atoms with Crippen molar-refractivity contribution in [2.75, 3.05) is 23.7 Å². The Kier molecular flexibility index (Phi) is 2.78. The van der Waals surface area contributed by atoms with E-state index in [1.165, 1.54) is 6.07 Å². The number of halogens is 1. The van der Waals surface area contributed by atoms with Crippen LogP contribution in [0.2, 0.25) is 0 Å². The zero-order valence-corrected chi connectivity index (χ0v) is 9.96. The third-order valence-electron chi connectivity index (χ3n) is 3.43. The number of nitrogens with zero attached hydrogens (tertiary/aromatic N) is 1. The van der Waals surface area contributed by atoms with Crippen LogP contribution in [0.4, 0.5) is 15.8 Å². The van der Waals surface area contributed by atoms with Gasteiger partial charge in [-0.05, 0) is 36.5 Å². The first kappa shape index (κ1) is 11.2. The number of piperidine rings is 1. The molecule has 2 N–H and O–H groups in total. The van der Waals surface area contributed by atoms with Gasteiger partial charge >= 0.3 is 0 Å². The molecule has 1 aromatic rings. The highest BCUT2D eigenvalue weighted by molar-refractivity contribution is 5.54. The summed E-state index contributed by atoms with van der Waals surface area (Å²) in [5.74, 6) is -0.209. The highest BCUT2D eigenvalue weighted by atomic mass is 19.1. The molecule has 1 heterocycles. The lowest BCUT2D eigenvalue weighted by atomic mass is 9.82. The molecule has 0 atom stereocenters. The van der Waals surface area contributed by atoms with Crippen molar-refractivity contribution in [2.45, 2.75) is 26.7 Å². The molecule has 88 valence electrons. The molecule has 2 rings (SSSR count). The Labute approximate surface area is 96.2 Å². The fourth-order valence-corrected chi connectivity index (χ4v) is 2.13. The van der Waals surface area contributed by atoms with Gasteiger partial charge in [-0.15, -0.1) is 0 Å². The van der Waals surface area contributed by atoms with Crippen LogP contribution in [0.15, 0.2) is 18.2 Å². The van der Waals surface area contributed by atoms with E-state index in [-0.39, 0.29) is 5.82 Å². The highest BCUT2D eigenvalue weighted by Crippen LogP contribution is 2.33. The van der Waals surface area contributed by atoms with Crippen molar-refractivity contribution in [1.29, 1.82) is 0 Å². The van der Waals surface area contributed by atoms with Gasteiger partial charge in [-0.2, -0.15) is 0 Å². The minimum Gasteiger partial charge on any atom is -0.399 e. The van der Waals surface area contributed by atoms with Gasteiger partial charge in [0, 0.05) is 18.8 Å². The monoisotopic (exact) mass is 222 g/mol. The molecule has 0 aromatic heterocycles. The summed E-state index contributed by atoms with van der Waals surface area (Å²) in [7, 11) is 0. The van der Waals surface area contributed by atoms with Crippen LogP contribution in [0.5, 0.6) is 0 Å². The van der Waals surface area contributed by atoms with Gasteiger partial charge in [0.15, 0.2) is 0 Å². The van der Waals surface area contributed by atoms with E-state index in [0.29, 0.717) is 16.8 Å². The molecule has 1 aliphatic rings. The topological polar surface area (TPSA) is 29.3 Å². The lowest BCUT2D eigenvalue weighted by Gasteiger charge is -2.38. The largest absolute Gasteiger partial charge is 0.399 e. The molecule has 1 saturated heterocycles. The molecule has 0 radical (unpaired) electrons. The number of hydrogen-bond donors (Lipinski definition) is 1. The van der Waals surface area contributed by atoms with E-state index < -0.39 is 0 Å². The number of nitrogen functional groups attached to an aromatic ring is 1. The first-order chi connectivity index (χ1) is 7.48. The van der Waals surface area contributed by atoms with Gasteiger partial charge in [0.2, 0.25) is 0 Å². The SMILES string of the molecule is CC1(C)CCN(c2ccc(N)cc2F)CC1. The predicted octanol–water partition coefficient (Wildman–Crippen LogP) is 3.03. The third-order valence-corrected chi connectivity index (χ3v) is 3.43. The molecule has 2 nitrogen and oxygen atoms in total. The van der Waals surface area contributed by atoms with Crippen LogP contribution >= 0.6 is 0 Å². The van der Waals surface area contributed by atoms with Crippen molar-refractivity contribution in [2.24, 2.45) is 5.41 Å². The Morgan fingerprint density at radius 2 is 1.88 bits per heavy atom. The summed E-state index contributed by atoms with van der Waals surface area (Å²) in [4.78, 5) is 2.11. The maximum Gasteiger partial charge on any atom is 0.148 e. The Bertz CT molecular complexity index is 378. The summed E-state index contributed by atoms with van der Waals surface area (Å²) in [6.07, 6.45) is 2.22. The Balaban J connectivity index is 2.14. The zero-order valence-electron chi connectivity index (χ0n) is 9.96. The second-order valence-electron chi connectivity index (χ2n) is 5.36. The van der Waals surface area contributed by atoms with Crippen molar-refractivity contribution in [3.63, 3.8) is 0 Å². The molecule has 0 unspecified atom stereocenters. The Hall–Kier alpha value is -1.25. The molecule has 1 aromatic carbocycles.